The van der Waals surface area contributed by atoms with E-state index in [1.54, 1.807) is 0 Å². The summed E-state index contributed by atoms with van der Waals surface area (Å²) in [6.07, 6.45) is 4.41. The quantitative estimate of drug-likeness (QED) is 0.793. The molecule has 0 amide bonds. The molecule has 0 heterocycles. The number of rotatable bonds is 2. The number of hydrogen-bond donors (Lipinski definition) is 1. The van der Waals surface area contributed by atoms with Gasteiger partial charge in [-0.2, -0.15) is 0 Å². The third-order valence-corrected chi connectivity index (χ3v) is 3.71. The van der Waals surface area contributed by atoms with Crippen molar-refractivity contribution < 1.29 is 5.11 Å². The first kappa shape index (κ1) is 11.2. The number of aliphatic hydroxyl groups is 1. The Bertz CT molecular complexity index is 503. The molecular formula is C17H16O. The molecule has 2 aromatic carbocycles. The summed E-state index contributed by atoms with van der Waals surface area (Å²) < 4.78 is 0. The normalized spacial score (nSPS) is 21.1. The molecule has 3 rings (SSSR count). The second-order valence-electron chi connectivity index (χ2n) is 4.83. The molecule has 0 fully saturated rings. The summed E-state index contributed by atoms with van der Waals surface area (Å²) in [5.74, 6) is 0. The predicted octanol–water partition coefficient (Wildman–Crippen LogP) is 3.29. The molecule has 1 aliphatic carbocycles. The van der Waals surface area contributed by atoms with E-state index in [-0.39, 0.29) is 11.5 Å². The van der Waals surface area contributed by atoms with Crippen molar-refractivity contribution in [3.05, 3.63) is 83.9 Å². The molecular weight excluding hydrogens is 220 g/mol. The summed E-state index contributed by atoms with van der Waals surface area (Å²) in [4.78, 5) is 0. The van der Waals surface area contributed by atoms with Crippen LogP contribution < -0.4 is 0 Å². The lowest BCUT2D eigenvalue weighted by molar-refractivity contribution is 0.208. The molecule has 0 saturated carbocycles. The molecule has 0 unspecified atom stereocenters. The Labute approximate surface area is 107 Å². The summed E-state index contributed by atoms with van der Waals surface area (Å²) in [6, 6.07) is 20.8. The van der Waals surface area contributed by atoms with Gasteiger partial charge in [0.15, 0.2) is 0 Å². The van der Waals surface area contributed by atoms with E-state index in [0.29, 0.717) is 0 Å². The second kappa shape index (κ2) is 4.43. The maximum atomic E-state index is 9.90. The smallest absolute Gasteiger partial charge is 0.0736 e. The van der Waals surface area contributed by atoms with Crippen LogP contribution in [-0.2, 0) is 5.41 Å². The highest BCUT2D eigenvalue weighted by Crippen LogP contribution is 2.41. The lowest BCUT2D eigenvalue weighted by Gasteiger charge is -2.29. The summed E-state index contributed by atoms with van der Waals surface area (Å²) in [6.45, 7) is 0. The molecule has 18 heavy (non-hydrogen) atoms. The highest BCUT2D eigenvalue weighted by molar-refractivity contribution is 5.47. The first-order valence-electron chi connectivity index (χ1n) is 6.30. The monoisotopic (exact) mass is 236 g/mol. The van der Waals surface area contributed by atoms with E-state index in [2.05, 4.69) is 54.6 Å². The van der Waals surface area contributed by atoms with Crippen molar-refractivity contribution in [2.75, 3.05) is 0 Å². The van der Waals surface area contributed by atoms with Gasteiger partial charge in [0.1, 0.15) is 0 Å². The van der Waals surface area contributed by atoms with E-state index >= 15 is 0 Å². The Balaban J connectivity index is 2.15. The number of aliphatic hydroxyl groups excluding tert-OH is 1. The SMILES string of the molecule is O[C@H]1C=CC(c2ccccc2)(c2ccccc2)C1. The van der Waals surface area contributed by atoms with E-state index in [1.165, 1.54) is 11.1 Å². The van der Waals surface area contributed by atoms with Crippen LogP contribution >= 0.6 is 0 Å². The zero-order chi connectivity index (χ0) is 12.4. The van der Waals surface area contributed by atoms with Crippen molar-refractivity contribution in [1.29, 1.82) is 0 Å². The molecule has 1 nitrogen and oxygen atoms in total. The Kier molecular flexibility index (Phi) is 2.77. The van der Waals surface area contributed by atoms with Gasteiger partial charge >= 0.3 is 0 Å². The summed E-state index contributed by atoms with van der Waals surface area (Å²) in [7, 11) is 0. The maximum absolute atomic E-state index is 9.90. The van der Waals surface area contributed by atoms with Crippen molar-refractivity contribution in [1.82, 2.24) is 0 Å². The first-order valence-corrected chi connectivity index (χ1v) is 6.30. The van der Waals surface area contributed by atoms with Gasteiger partial charge in [0, 0.05) is 5.41 Å². The fourth-order valence-corrected chi connectivity index (χ4v) is 2.81. The van der Waals surface area contributed by atoms with Gasteiger partial charge in [-0.15, -0.1) is 0 Å². The van der Waals surface area contributed by atoms with Gasteiger partial charge in [0.05, 0.1) is 6.10 Å². The molecule has 1 heteroatoms. The van der Waals surface area contributed by atoms with Gasteiger partial charge in [0.25, 0.3) is 0 Å². The second-order valence-corrected chi connectivity index (χ2v) is 4.83. The van der Waals surface area contributed by atoms with Gasteiger partial charge in [-0.05, 0) is 17.5 Å². The van der Waals surface area contributed by atoms with Crippen LogP contribution in [0.1, 0.15) is 17.5 Å². The minimum atomic E-state index is -0.356. The number of allylic oxidation sites excluding steroid dienone is 1. The molecule has 90 valence electrons. The molecule has 1 aliphatic rings. The van der Waals surface area contributed by atoms with E-state index < -0.39 is 0 Å². The summed E-state index contributed by atoms with van der Waals surface area (Å²) in [5, 5.41) is 9.90. The van der Waals surface area contributed by atoms with Crippen LogP contribution in [0.5, 0.6) is 0 Å². The maximum Gasteiger partial charge on any atom is 0.0736 e. The van der Waals surface area contributed by atoms with Crippen LogP contribution in [0.15, 0.2) is 72.8 Å². The Morgan fingerprint density at radius 2 is 1.33 bits per heavy atom. The lowest BCUT2D eigenvalue weighted by atomic mass is 9.74. The Hall–Kier alpha value is -1.86. The van der Waals surface area contributed by atoms with Crippen molar-refractivity contribution in [3.63, 3.8) is 0 Å². The molecule has 0 aromatic heterocycles. The highest BCUT2D eigenvalue weighted by atomic mass is 16.3. The molecule has 0 radical (unpaired) electrons. The molecule has 1 N–H and O–H groups in total. The molecule has 1 atom stereocenters. The molecule has 0 aliphatic heterocycles. The first-order chi connectivity index (χ1) is 8.81. The van der Waals surface area contributed by atoms with Crippen molar-refractivity contribution in [2.45, 2.75) is 17.9 Å². The fraction of sp³-hybridized carbons (Fsp3) is 0.176. The van der Waals surface area contributed by atoms with E-state index in [0.717, 1.165) is 6.42 Å². The van der Waals surface area contributed by atoms with Crippen molar-refractivity contribution in [2.24, 2.45) is 0 Å². The zero-order valence-electron chi connectivity index (χ0n) is 10.2. The summed E-state index contributed by atoms with van der Waals surface area (Å²) in [5.41, 5.74) is 2.30. The molecule has 0 bridgehead atoms. The topological polar surface area (TPSA) is 20.2 Å². The predicted molar refractivity (Wildman–Crippen MR) is 73.4 cm³/mol. The number of benzene rings is 2. The van der Waals surface area contributed by atoms with Gasteiger partial charge in [-0.3, -0.25) is 0 Å². The van der Waals surface area contributed by atoms with Gasteiger partial charge in [-0.1, -0.05) is 72.8 Å². The third kappa shape index (κ3) is 1.77. The van der Waals surface area contributed by atoms with Gasteiger partial charge < -0.3 is 5.11 Å². The van der Waals surface area contributed by atoms with Crippen LogP contribution in [0.2, 0.25) is 0 Å². The Morgan fingerprint density at radius 1 is 0.833 bits per heavy atom. The molecule has 2 aromatic rings. The average Bonchev–Trinajstić information content (AvgIpc) is 2.84. The minimum Gasteiger partial charge on any atom is -0.389 e. The van der Waals surface area contributed by atoms with Crippen molar-refractivity contribution in [3.8, 4) is 0 Å². The van der Waals surface area contributed by atoms with E-state index in [1.807, 2.05) is 18.2 Å². The lowest BCUT2D eigenvalue weighted by Crippen LogP contribution is -2.25. The zero-order valence-corrected chi connectivity index (χ0v) is 10.2. The van der Waals surface area contributed by atoms with Crippen molar-refractivity contribution >= 4 is 0 Å². The van der Waals surface area contributed by atoms with Crippen LogP contribution in [-0.4, -0.2) is 11.2 Å². The highest BCUT2D eigenvalue weighted by Gasteiger charge is 2.36. The largest absolute Gasteiger partial charge is 0.389 e. The van der Waals surface area contributed by atoms with E-state index in [4.69, 9.17) is 0 Å². The average molecular weight is 236 g/mol. The number of hydrogen-bond acceptors (Lipinski definition) is 1. The third-order valence-electron chi connectivity index (χ3n) is 3.71. The van der Waals surface area contributed by atoms with Gasteiger partial charge in [0.2, 0.25) is 0 Å². The van der Waals surface area contributed by atoms with Gasteiger partial charge in [-0.25, -0.2) is 0 Å². The standard InChI is InChI=1S/C17H16O/c18-16-11-12-17(13-16,14-7-3-1-4-8-14)15-9-5-2-6-10-15/h1-12,16,18H,13H2/t16-/m0/s1. The molecule has 0 spiro atoms. The van der Waals surface area contributed by atoms with Crippen LogP contribution in [0.4, 0.5) is 0 Å². The van der Waals surface area contributed by atoms with E-state index in [9.17, 15) is 5.11 Å². The van der Waals surface area contributed by atoms with Crippen LogP contribution in [0.25, 0.3) is 0 Å². The summed E-state index contributed by atoms with van der Waals surface area (Å²) >= 11 is 0. The van der Waals surface area contributed by atoms with Crippen LogP contribution in [0, 0.1) is 0 Å². The van der Waals surface area contributed by atoms with Crippen LogP contribution in [0.3, 0.4) is 0 Å². The fourth-order valence-electron chi connectivity index (χ4n) is 2.81. The minimum absolute atomic E-state index is 0.179. The Morgan fingerprint density at radius 3 is 1.72 bits per heavy atom. The molecule has 0 saturated heterocycles.